The summed E-state index contributed by atoms with van der Waals surface area (Å²) in [5.74, 6) is 0.291. The Balaban J connectivity index is 1.49. The van der Waals surface area contributed by atoms with Crippen LogP contribution in [0.25, 0.3) is 5.69 Å². The third-order valence-electron chi connectivity index (χ3n) is 4.58. The van der Waals surface area contributed by atoms with Crippen molar-refractivity contribution in [1.29, 1.82) is 0 Å². The van der Waals surface area contributed by atoms with Gasteiger partial charge in [-0.1, -0.05) is 36.0 Å². The topological polar surface area (TPSA) is 63.1 Å². The van der Waals surface area contributed by atoms with Crippen molar-refractivity contribution in [2.75, 3.05) is 30.8 Å². The number of rotatable bonds is 8. The van der Waals surface area contributed by atoms with Gasteiger partial charge in [0.15, 0.2) is 5.16 Å². The number of para-hydroxylation sites is 1. The van der Waals surface area contributed by atoms with Crippen molar-refractivity contribution in [2.24, 2.45) is 0 Å². The highest BCUT2D eigenvalue weighted by Crippen LogP contribution is 2.21. The maximum absolute atomic E-state index is 12.2. The average Bonchev–Trinajstić information content (AvgIpc) is 3.17. The maximum Gasteiger partial charge on any atom is 0.230 e. The molecule has 1 heterocycles. The van der Waals surface area contributed by atoms with E-state index in [0.717, 1.165) is 17.9 Å². The molecule has 0 aliphatic heterocycles. The zero-order chi connectivity index (χ0) is 19.9. The van der Waals surface area contributed by atoms with Crippen LogP contribution in [0.3, 0.4) is 0 Å². The number of hydrogen-bond donors (Lipinski definition) is 1. The lowest BCUT2D eigenvalue weighted by molar-refractivity contribution is -0.118. The zero-order valence-electron chi connectivity index (χ0n) is 16.4. The van der Waals surface area contributed by atoms with Crippen LogP contribution in [0.5, 0.6) is 0 Å². The second-order valence-corrected chi connectivity index (χ2v) is 7.59. The Hall–Kier alpha value is -2.80. The summed E-state index contributed by atoms with van der Waals surface area (Å²) >= 11 is 1.39. The van der Waals surface area contributed by atoms with E-state index in [2.05, 4.69) is 58.5 Å². The predicted octanol–water partition coefficient (Wildman–Crippen LogP) is 3.23. The predicted molar refractivity (Wildman–Crippen MR) is 114 cm³/mol. The van der Waals surface area contributed by atoms with Gasteiger partial charge in [-0.3, -0.25) is 9.36 Å². The van der Waals surface area contributed by atoms with Crippen LogP contribution in [0.1, 0.15) is 11.1 Å². The quantitative estimate of drug-likeness (QED) is 0.594. The molecule has 0 atom stereocenters. The largest absolute Gasteiger partial charge is 0.373 e. The number of aromatic nitrogens is 3. The first-order valence-corrected chi connectivity index (χ1v) is 10.2. The van der Waals surface area contributed by atoms with E-state index >= 15 is 0 Å². The Labute approximate surface area is 170 Å². The summed E-state index contributed by atoms with van der Waals surface area (Å²) in [4.78, 5) is 14.3. The molecule has 0 saturated heterocycles. The summed E-state index contributed by atoms with van der Waals surface area (Å²) in [6.07, 6.45) is 1.68. The van der Waals surface area contributed by atoms with Crippen LogP contribution in [-0.2, 0) is 4.79 Å². The minimum absolute atomic E-state index is 0.0129. The van der Waals surface area contributed by atoms with Crippen molar-refractivity contribution in [2.45, 2.75) is 19.0 Å². The highest BCUT2D eigenvalue weighted by Gasteiger charge is 2.11. The van der Waals surface area contributed by atoms with E-state index in [0.29, 0.717) is 17.5 Å². The molecule has 0 radical (unpaired) electrons. The van der Waals surface area contributed by atoms with Crippen LogP contribution in [0.4, 0.5) is 5.69 Å². The van der Waals surface area contributed by atoms with Crippen LogP contribution in [0, 0.1) is 13.8 Å². The molecule has 1 N–H and O–H groups in total. The molecule has 2 aromatic carbocycles. The highest BCUT2D eigenvalue weighted by atomic mass is 32.2. The summed E-state index contributed by atoms with van der Waals surface area (Å²) in [7, 11) is 2.02. The Morgan fingerprint density at radius 2 is 1.93 bits per heavy atom. The maximum atomic E-state index is 12.2. The van der Waals surface area contributed by atoms with Crippen LogP contribution in [0.2, 0.25) is 0 Å². The molecule has 0 aliphatic carbocycles. The van der Waals surface area contributed by atoms with Gasteiger partial charge in [0.1, 0.15) is 6.33 Å². The molecule has 3 aromatic rings. The van der Waals surface area contributed by atoms with Gasteiger partial charge in [0.05, 0.1) is 5.75 Å². The molecule has 146 valence electrons. The molecule has 7 heteroatoms. The number of nitrogens with zero attached hydrogens (tertiary/aromatic N) is 4. The van der Waals surface area contributed by atoms with Gasteiger partial charge < -0.3 is 10.2 Å². The summed E-state index contributed by atoms with van der Waals surface area (Å²) in [5, 5.41) is 11.8. The van der Waals surface area contributed by atoms with Crippen molar-refractivity contribution in [3.05, 3.63) is 66.0 Å². The van der Waals surface area contributed by atoms with Crippen LogP contribution < -0.4 is 10.2 Å². The normalized spacial score (nSPS) is 10.7. The van der Waals surface area contributed by atoms with Crippen LogP contribution in [0.15, 0.2) is 60.0 Å². The Kier molecular flexibility index (Phi) is 6.71. The highest BCUT2D eigenvalue weighted by molar-refractivity contribution is 7.99. The molecule has 3 rings (SSSR count). The van der Waals surface area contributed by atoms with E-state index in [1.54, 1.807) is 6.33 Å². The lowest BCUT2D eigenvalue weighted by Gasteiger charge is -2.19. The van der Waals surface area contributed by atoms with E-state index in [1.165, 1.54) is 22.9 Å². The number of likely N-dealkylation sites (N-methyl/N-ethyl adjacent to an activating group) is 1. The fourth-order valence-electron chi connectivity index (χ4n) is 2.73. The number of anilines is 1. The van der Waals surface area contributed by atoms with Gasteiger partial charge in [-0.25, -0.2) is 0 Å². The van der Waals surface area contributed by atoms with E-state index < -0.39 is 0 Å². The van der Waals surface area contributed by atoms with Crippen LogP contribution in [-0.4, -0.2) is 46.6 Å². The molecule has 0 saturated carbocycles. The first kappa shape index (κ1) is 19.9. The molecule has 0 spiro atoms. The molecule has 1 aromatic heterocycles. The standard InChI is InChI=1S/C21H25N5OS/c1-16-9-10-19(13-17(16)2)26-15-23-24-21(26)28-14-20(27)22-11-12-25(3)18-7-5-4-6-8-18/h4-10,13,15H,11-12,14H2,1-3H3,(H,22,27). The van der Waals surface area contributed by atoms with Crippen molar-refractivity contribution in [3.8, 4) is 5.69 Å². The fourth-order valence-corrected chi connectivity index (χ4v) is 3.49. The lowest BCUT2D eigenvalue weighted by Crippen LogP contribution is -2.33. The van der Waals surface area contributed by atoms with Crippen LogP contribution >= 0.6 is 11.8 Å². The second-order valence-electron chi connectivity index (χ2n) is 6.65. The van der Waals surface area contributed by atoms with Gasteiger partial charge in [-0.15, -0.1) is 10.2 Å². The SMILES string of the molecule is Cc1ccc(-n2cnnc2SCC(=O)NCCN(C)c2ccccc2)cc1C. The van der Waals surface area contributed by atoms with Gasteiger partial charge in [0.25, 0.3) is 0 Å². The van der Waals surface area contributed by atoms with Crippen molar-refractivity contribution in [3.63, 3.8) is 0 Å². The van der Waals surface area contributed by atoms with Crippen molar-refractivity contribution >= 4 is 23.4 Å². The Morgan fingerprint density at radius 3 is 2.68 bits per heavy atom. The van der Waals surface area contributed by atoms with Gasteiger partial charge in [0, 0.05) is 31.5 Å². The molecular weight excluding hydrogens is 370 g/mol. The number of thioether (sulfide) groups is 1. The molecule has 0 bridgehead atoms. The second kappa shape index (κ2) is 9.41. The van der Waals surface area contributed by atoms with Gasteiger partial charge in [-0.05, 0) is 49.2 Å². The number of carbonyl (C=O) groups is 1. The molecule has 0 fully saturated rings. The molecule has 0 aliphatic rings. The molecule has 6 nitrogen and oxygen atoms in total. The first-order valence-electron chi connectivity index (χ1n) is 9.18. The third kappa shape index (κ3) is 5.13. The Bertz CT molecular complexity index is 926. The van der Waals surface area contributed by atoms with E-state index in [9.17, 15) is 4.79 Å². The number of carbonyl (C=O) groups excluding carboxylic acids is 1. The number of nitrogens with one attached hydrogen (secondary N) is 1. The fraction of sp³-hybridized carbons (Fsp3) is 0.286. The molecule has 0 unspecified atom stereocenters. The number of hydrogen-bond acceptors (Lipinski definition) is 5. The minimum atomic E-state index is -0.0129. The summed E-state index contributed by atoms with van der Waals surface area (Å²) in [5.41, 5.74) is 4.58. The van der Waals surface area contributed by atoms with Crippen molar-refractivity contribution in [1.82, 2.24) is 20.1 Å². The number of amides is 1. The van der Waals surface area contributed by atoms with Gasteiger partial charge in [0.2, 0.25) is 5.91 Å². The van der Waals surface area contributed by atoms with E-state index in [1.807, 2.05) is 35.9 Å². The smallest absolute Gasteiger partial charge is 0.230 e. The van der Waals surface area contributed by atoms with E-state index in [-0.39, 0.29) is 5.91 Å². The summed E-state index contributed by atoms with van der Waals surface area (Å²) in [6.45, 7) is 5.50. The summed E-state index contributed by atoms with van der Waals surface area (Å²) < 4.78 is 1.91. The zero-order valence-corrected chi connectivity index (χ0v) is 17.2. The lowest BCUT2D eigenvalue weighted by atomic mass is 10.1. The van der Waals surface area contributed by atoms with Crippen molar-refractivity contribution < 1.29 is 4.79 Å². The molecule has 1 amide bonds. The number of benzene rings is 2. The van der Waals surface area contributed by atoms with Gasteiger partial charge >= 0.3 is 0 Å². The van der Waals surface area contributed by atoms with E-state index in [4.69, 9.17) is 0 Å². The average molecular weight is 396 g/mol. The molecular formula is C21H25N5OS. The monoisotopic (exact) mass is 395 g/mol. The first-order chi connectivity index (χ1) is 13.5. The summed E-state index contributed by atoms with van der Waals surface area (Å²) in [6, 6.07) is 16.3. The molecule has 28 heavy (non-hydrogen) atoms. The third-order valence-corrected chi connectivity index (χ3v) is 5.53. The number of aryl methyl sites for hydroxylation is 2. The van der Waals surface area contributed by atoms with Gasteiger partial charge in [-0.2, -0.15) is 0 Å². The Morgan fingerprint density at radius 1 is 1.14 bits per heavy atom. The minimum Gasteiger partial charge on any atom is -0.373 e.